The van der Waals surface area contributed by atoms with Gasteiger partial charge in [0.05, 0.1) is 11.6 Å². The van der Waals surface area contributed by atoms with E-state index in [0.29, 0.717) is 6.04 Å². The van der Waals surface area contributed by atoms with Crippen molar-refractivity contribution in [3.8, 4) is 0 Å². The van der Waals surface area contributed by atoms with Crippen LogP contribution in [0.1, 0.15) is 73.6 Å². The predicted octanol–water partition coefficient (Wildman–Crippen LogP) is 3.36. The number of piperazine rings is 1. The minimum Gasteiger partial charge on any atom is -0.321 e. The van der Waals surface area contributed by atoms with Crippen LogP contribution in [0.3, 0.4) is 0 Å². The molecule has 1 aromatic carbocycles. The lowest BCUT2D eigenvalue weighted by Crippen LogP contribution is -2.49. The van der Waals surface area contributed by atoms with Gasteiger partial charge in [-0.25, -0.2) is 4.68 Å². The van der Waals surface area contributed by atoms with Gasteiger partial charge in [-0.2, -0.15) is 0 Å². The molecule has 0 radical (unpaired) electrons. The summed E-state index contributed by atoms with van der Waals surface area (Å²) in [6.45, 7) is 11.2. The molecule has 1 aliphatic heterocycles. The van der Waals surface area contributed by atoms with Crippen LogP contribution in [0.25, 0.3) is 10.9 Å². The monoisotopic (exact) mass is 449 g/mol. The van der Waals surface area contributed by atoms with Crippen LogP contribution in [0, 0.1) is 13.8 Å². The number of nitrogens with zero attached hydrogens (tertiary/aromatic N) is 6. The summed E-state index contributed by atoms with van der Waals surface area (Å²) in [5.41, 5.74) is 3.92. The molecule has 5 rings (SSSR count). The SMILES string of the molecule is CCN1CCN(C(c2cc3ccc(C)c(C)c3[nH]c2=O)c2nnnn2C2CCCCC2)CC1. The van der Waals surface area contributed by atoms with Gasteiger partial charge in [-0.3, -0.25) is 9.69 Å². The van der Waals surface area contributed by atoms with Gasteiger partial charge in [-0.05, 0) is 66.2 Å². The van der Waals surface area contributed by atoms with Crippen molar-refractivity contribution in [3.63, 3.8) is 0 Å². The van der Waals surface area contributed by atoms with Gasteiger partial charge < -0.3 is 9.88 Å². The highest BCUT2D eigenvalue weighted by Crippen LogP contribution is 2.33. The number of benzene rings is 1. The Bertz CT molecular complexity index is 1170. The fourth-order valence-electron chi connectivity index (χ4n) is 5.55. The van der Waals surface area contributed by atoms with Crippen LogP contribution in [-0.2, 0) is 0 Å². The molecule has 1 saturated carbocycles. The van der Waals surface area contributed by atoms with Gasteiger partial charge in [0, 0.05) is 31.7 Å². The summed E-state index contributed by atoms with van der Waals surface area (Å²) in [4.78, 5) is 21.6. The highest BCUT2D eigenvalue weighted by atomic mass is 16.1. The van der Waals surface area contributed by atoms with Crippen LogP contribution in [-0.4, -0.2) is 67.7 Å². The third kappa shape index (κ3) is 4.22. The summed E-state index contributed by atoms with van der Waals surface area (Å²) >= 11 is 0. The normalized spacial score (nSPS) is 19.8. The van der Waals surface area contributed by atoms with Crippen molar-refractivity contribution >= 4 is 10.9 Å². The standard InChI is InChI=1S/C25H35N7O/c1-4-30-12-14-31(15-13-30)23(24-27-28-29-32(24)20-8-6-5-7-9-20)21-16-19-11-10-17(2)18(3)22(19)26-25(21)33/h10-11,16,20,23H,4-9,12-15H2,1-3H3,(H,26,33). The van der Waals surface area contributed by atoms with Gasteiger partial charge >= 0.3 is 0 Å². The Morgan fingerprint density at radius 2 is 1.85 bits per heavy atom. The topological polar surface area (TPSA) is 82.9 Å². The number of likely N-dealkylation sites (N-methyl/N-ethyl adjacent to an activating group) is 1. The first-order valence-electron chi connectivity index (χ1n) is 12.4. The molecule has 2 aliphatic rings. The van der Waals surface area contributed by atoms with Gasteiger partial charge in [-0.15, -0.1) is 5.10 Å². The third-order valence-electron chi connectivity index (χ3n) is 7.78. The Morgan fingerprint density at radius 3 is 2.58 bits per heavy atom. The van der Waals surface area contributed by atoms with Crippen LogP contribution < -0.4 is 5.56 Å². The number of hydrogen-bond acceptors (Lipinski definition) is 6. The van der Waals surface area contributed by atoms with Gasteiger partial charge in [0.1, 0.15) is 6.04 Å². The number of aromatic nitrogens is 5. The van der Waals surface area contributed by atoms with E-state index in [9.17, 15) is 4.79 Å². The number of rotatable bonds is 5. The highest BCUT2D eigenvalue weighted by molar-refractivity contribution is 5.83. The quantitative estimate of drug-likeness (QED) is 0.643. The fraction of sp³-hybridized carbons (Fsp3) is 0.600. The van der Waals surface area contributed by atoms with E-state index < -0.39 is 0 Å². The lowest BCUT2D eigenvalue weighted by Gasteiger charge is -2.38. The molecule has 2 fully saturated rings. The van der Waals surface area contributed by atoms with Gasteiger partial charge in [0.15, 0.2) is 5.82 Å². The highest BCUT2D eigenvalue weighted by Gasteiger charge is 2.34. The first kappa shape index (κ1) is 22.2. The summed E-state index contributed by atoms with van der Waals surface area (Å²) in [7, 11) is 0. The minimum absolute atomic E-state index is 0.0442. The zero-order valence-electron chi connectivity index (χ0n) is 20.0. The largest absolute Gasteiger partial charge is 0.321 e. The molecule has 1 atom stereocenters. The van der Waals surface area contributed by atoms with Gasteiger partial charge in [0.25, 0.3) is 5.56 Å². The molecule has 1 N–H and O–H groups in total. The molecular formula is C25H35N7O. The van der Waals surface area contributed by atoms with Crippen LogP contribution in [0.5, 0.6) is 0 Å². The molecule has 0 spiro atoms. The third-order valence-corrected chi connectivity index (χ3v) is 7.78. The van der Waals surface area contributed by atoms with E-state index in [1.807, 2.05) is 4.68 Å². The van der Waals surface area contributed by atoms with Crippen LogP contribution in [0.2, 0.25) is 0 Å². The second-order valence-corrected chi connectivity index (χ2v) is 9.67. The Kier molecular flexibility index (Phi) is 6.29. The molecule has 8 nitrogen and oxygen atoms in total. The summed E-state index contributed by atoms with van der Waals surface area (Å²) in [5, 5.41) is 14.1. The number of pyridine rings is 1. The summed E-state index contributed by atoms with van der Waals surface area (Å²) < 4.78 is 2.03. The molecule has 176 valence electrons. The maximum absolute atomic E-state index is 13.5. The Hall–Kier alpha value is -2.58. The van der Waals surface area contributed by atoms with E-state index in [1.165, 1.54) is 24.8 Å². The van der Waals surface area contributed by atoms with E-state index in [-0.39, 0.29) is 11.6 Å². The van der Waals surface area contributed by atoms with Crippen molar-refractivity contribution in [1.29, 1.82) is 0 Å². The van der Waals surface area contributed by atoms with Gasteiger partial charge in [0.2, 0.25) is 0 Å². The average molecular weight is 450 g/mol. The van der Waals surface area contributed by atoms with Crippen molar-refractivity contribution in [2.45, 2.75) is 65.0 Å². The van der Waals surface area contributed by atoms with Crippen LogP contribution in [0.15, 0.2) is 23.0 Å². The lowest BCUT2D eigenvalue weighted by molar-refractivity contribution is 0.106. The van der Waals surface area contributed by atoms with Crippen molar-refractivity contribution in [2.24, 2.45) is 0 Å². The molecule has 1 saturated heterocycles. The number of hydrogen-bond donors (Lipinski definition) is 1. The summed E-state index contributed by atoms with van der Waals surface area (Å²) in [6, 6.07) is 6.36. The Labute approximate surface area is 195 Å². The van der Waals surface area contributed by atoms with Crippen molar-refractivity contribution < 1.29 is 0 Å². The number of nitrogens with one attached hydrogen (secondary N) is 1. The van der Waals surface area contributed by atoms with E-state index in [0.717, 1.165) is 73.4 Å². The zero-order valence-corrected chi connectivity index (χ0v) is 20.0. The fourth-order valence-corrected chi connectivity index (χ4v) is 5.55. The molecule has 0 bridgehead atoms. The van der Waals surface area contributed by atoms with Gasteiger partial charge in [-0.1, -0.05) is 38.3 Å². The van der Waals surface area contributed by atoms with Crippen molar-refractivity contribution in [3.05, 3.63) is 51.1 Å². The lowest BCUT2D eigenvalue weighted by atomic mass is 9.95. The average Bonchev–Trinajstić information content (AvgIpc) is 3.33. The minimum atomic E-state index is -0.254. The predicted molar refractivity (Wildman–Crippen MR) is 130 cm³/mol. The first-order valence-corrected chi connectivity index (χ1v) is 12.4. The zero-order chi connectivity index (χ0) is 22.9. The molecule has 8 heteroatoms. The molecule has 1 unspecified atom stereocenters. The van der Waals surface area contributed by atoms with E-state index >= 15 is 0 Å². The molecule has 3 heterocycles. The molecule has 2 aromatic heterocycles. The Balaban J connectivity index is 1.61. The maximum atomic E-state index is 13.5. The molecular weight excluding hydrogens is 414 g/mol. The number of fused-ring (bicyclic) bond motifs is 1. The molecule has 0 amide bonds. The Morgan fingerprint density at radius 1 is 1.09 bits per heavy atom. The second kappa shape index (κ2) is 9.35. The summed E-state index contributed by atoms with van der Waals surface area (Å²) in [6.07, 6.45) is 5.89. The number of H-pyrrole nitrogens is 1. The van der Waals surface area contributed by atoms with Crippen LogP contribution in [0.4, 0.5) is 0 Å². The number of aryl methyl sites for hydroxylation is 2. The summed E-state index contributed by atoms with van der Waals surface area (Å²) in [5.74, 6) is 0.806. The van der Waals surface area contributed by atoms with Crippen molar-refractivity contribution in [2.75, 3.05) is 32.7 Å². The number of tetrazole rings is 1. The van der Waals surface area contributed by atoms with E-state index in [4.69, 9.17) is 0 Å². The number of aromatic amines is 1. The second-order valence-electron chi connectivity index (χ2n) is 9.67. The maximum Gasteiger partial charge on any atom is 0.253 e. The van der Waals surface area contributed by atoms with E-state index in [2.05, 4.69) is 69.3 Å². The van der Waals surface area contributed by atoms with Crippen molar-refractivity contribution in [1.82, 2.24) is 35.0 Å². The smallest absolute Gasteiger partial charge is 0.253 e. The first-order chi connectivity index (χ1) is 16.1. The molecule has 1 aliphatic carbocycles. The molecule has 3 aromatic rings. The van der Waals surface area contributed by atoms with Crippen LogP contribution >= 0.6 is 0 Å². The molecule has 33 heavy (non-hydrogen) atoms. The van der Waals surface area contributed by atoms with E-state index in [1.54, 1.807) is 0 Å².